The number of urea groups is 1. The first-order chi connectivity index (χ1) is 15.8. The third-order valence-electron chi connectivity index (χ3n) is 5.27. The molecule has 2 aromatic carbocycles. The van der Waals surface area contributed by atoms with Crippen molar-refractivity contribution in [1.82, 2.24) is 15.7 Å². The molecular formula is C26H35N3O4. The number of nitrogens with one attached hydrogen (secondary N) is 2. The van der Waals surface area contributed by atoms with Crippen molar-refractivity contribution in [3.63, 3.8) is 0 Å². The Morgan fingerprint density at radius 3 is 1.94 bits per heavy atom. The van der Waals surface area contributed by atoms with Crippen LogP contribution in [-0.2, 0) is 22.4 Å². The van der Waals surface area contributed by atoms with Gasteiger partial charge in [-0.1, -0.05) is 80.9 Å². The van der Waals surface area contributed by atoms with Crippen LogP contribution in [-0.4, -0.2) is 40.2 Å². The van der Waals surface area contributed by atoms with Gasteiger partial charge >= 0.3 is 6.03 Å². The summed E-state index contributed by atoms with van der Waals surface area (Å²) >= 11 is 0. The van der Waals surface area contributed by atoms with Crippen LogP contribution in [0.2, 0.25) is 0 Å². The van der Waals surface area contributed by atoms with Crippen LogP contribution in [0.25, 0.3) is 0 Å². The molecule has 33 heavy (non-hydrogen) atoms. The number of carbonyl (C=O) groups is 3. The minimum absolute atomic E-state index is 0.0613. The molecule has 0 radical (unpaired) electrons. The molecule has 0 aliphatic heterocycles. The Labute approximate surface area is 196 Å². The molecule has 178 valence electrons. The molecule has 7 heteroatoms. The van der Waals surface area contributed by atoms with Crippen LogP contribution >= 0.6 is 0 Å². The third kappa shape index (κ3) is 9.45. The first-order valence-electron chi connectivity index (χ1n) is 11.5. The second-order valence-corrected chi connectivity index (χ2v) is 8.78. The summed E-state index contributed by atoms with van der Waals surface area (Å²) in [7, 11) is 0. The van der Waals surface area contributed by atoms with E-state index >= 15 is 0 Å². The second-order valence-electron chi connectivity index (χ2n) is 8.78. The zero-order valence-corrected chi connectivity index (χ0v) is 19.7. The third-order valence-corrected chi connectivity index (χ3v) is 5.27. The van der Waals surface area contributed by atoms with Gasteiger partial charge in [0, 0.05) is 18.9 Å². The van der Waals surface area contributed by atoms with Gasteiger partial charge in [0.05, 0.1) is 0 Å². The summed E-state index contributed by atoms with van der Waals surface area (Å²) in [5.41, 5.74) is 1.93. The van der Waals surface area contributed by atoms with E-state index in [0.717, 1.165) is 17.5 Å². The molecule has 0 aromatic heterocycles. The van der Waals surface area contributed by atoms with Crippen LogP contribution in [0.15, 0.2) is 60.7 Å². The van der Waals surface area contributed by atoms with Gasteiger partial charge in [-0.15, -0.1) is 5.06 Å². The maximum Gasteiger partial charge on any atom is 0.349 e. The van der Waals surface area contributed by atoms with Crippen LogP contribution in [0.5, 0.6) is 0 Å². The van der Waals surface area contributed by atoms with Gasteiger partial charge < -0.3 is 10.6 Å². The molecule has 0 spiro atoms. The number of hydrogen-bond acceptors (Lipinski definition) is 4. The molecule has 7 nitrogen and oxygen atoms in total. The highest BCUT2D eigenvalue weighted by molar-refractivity contribution is 5.95. The Morgan fingerprint density at radius 1 is 0.848 bits per heavy atom. The number of hydroxylamine groups is 2. The fourth-order valence-corrected chi connectivity index (χ4v) is 3.51. The highest BCUT2D eigenvalue weighted by Gasteiger charge is 2.27. The first kappa shape index (κ1) is 26.1. The van der Waals surface area contributed by atoms with E-state index in [2.05, 4.69) is 10.6 Å². The Bertz CT molecular complexity index is 887. The van der Waals surface area contributed by atoms with Crippen molar-refractivity contribution in [2.75, 3.05) is 0 Å². The van der Waals surface area contributed by atoms with Gasteiger partial charge in [0.15, 0.2) is 0 Å². The lowest BCUT2D eigenvalue weighted by molar-refractivity contribution is -0.153. The van der Waals surface area contributed by atoms with Gasteiger partial charge in [-0.05, 0) is 36.8 Å². The van der Waals surface area contributed by atoms with Crippen molar-refractivity contribution in [2.45, 2.75) is 65.0 Å². The van der Waals surface area contributed by atoms with Gasteiger partial charge in [-0.2, -0.15) is 0 Å². The summed E-state index contributed by atoms with van der Waals surface area (Å²) in [6.07, 6.45) is 2.32. The maximum atomic E-state index is 13.0. The molecule has 0 fully saturated rings. The smallest absolute Gasteiger partial charge is 0.349 e. The summed E-state index contributed by atoms with van der Waals surface area (Å²) in [4.78, 5) is 37.7. The molecule has 2 aromatic rings. The van der Waals surface area contributed by atoms with Crippen LogP contribution in [0.1, 0.15) is 51.2 Å². The Morgan fingerprint density at radius 2 is 1.39 bits per heavy atom. The van der Waals surface area contributed by atoms with Gasteiger partial charge in [-0.25, -0.2) is 4.79 Å². The molecular weight excluding hydrogens is 418 g/mol. The Hall–Kier alpha value is -3.19. The largest absolute Gasteiger partial charge is 0.352 e. The van der Waals surface area contributed by atoms with Gasteiger partial charge in [0.2, 0.25) is 5.91 Å². The molecule has 3 N–H and O–H groups in total. The molecule has 0 bridgehead atoms. The molecule has 4 amide bonds. The molecule has 0 aliphatic rings. The number of amides is 4. The van der Waals surface area contributed by atoms with Crippen LogP contribution < -0.4 is 10.6 Å². The van der Waals surface area contributed by atoms with E-state index in [4.69, 9.17) is 0 Å². The zero-order chi connectivity index (χ0) is 24.2. The fraction of sp³-hybridized carbons (Fsp3) is 0.423. The summed E-state index contributed by atoms with van der Waals surface area (Å²) in [5, 5.41) is 15.6. The van der Waals surface area contributed by atoms with Crippen molar-refractivity contribution in [2.24, 2.45) is 5.92 Å². The summed E-state index contributed by atoms with van der Waals surface area (Å²) in [6, 6.07) is 16.9. The highest BCUT2D eigenvalue weighted by Crippen LogP contribution is 2.09. The molecule has 0 heterocycles. The van der Waals surface area contributed by atoms with Gasteiger partial charge in [0.1, 0.15) is 6.04 Å². The van der Waals surface area contributed by atoms with Gasteiger partial charge in [0.25, 0.3) is 5.91 Å². The highest BCUT2D eigenvalue weighted by atomic mass is 16.5. The SMILES string of the molecule is CC(C)CCCC(=O)N(O)C(=O)N[C@@H](Cc1ccccc1)C(=O)N[C@H](C)Cc1ccccc1. The molecule has 2 rings (SSSR count). The number of hydrogen-bond donors (Lipinski definition) is 3. The minimum Gasteiger partial charge on any atom is -0.352 e. The predicted molar refractivity (Wildman–Crippen MR) is 128 cm³/mol. The van der Waals surface area contributed by atoms with Crippen LogP contribution in [0, 0.1) is 5.92 Å². The fourth-order valence-electron chi connectivity index (χ4n) is 3.51. The minimum atomic E-state index is -1.00. The molecule has 0 saturated carbocycles. The van der Waals surface area contributed by atoms with E-state index in [1.165, 1.54) is 0 Å². The van der Waals surface area contributed by atoms with Crippen LogP contribution in [0.4, 0.5) is 4.79 Å². The average Bonchev–Trinajstić information content (AvgIpc) is 2.79. The predicted octanol–water partition coefficient (Wildman–Crippen LogP) is 4.10. The number of imide groups is 1. The standard InChI is InChI=1S/C26H35N3O4/c1-19(2)11-10-16-24(30)29(33)26(32)28-23(18-22-14-8-5-9-15-22)25(31)27-20(3)17-21-12-6-4-7-13-21/h4-9,12-15,19-20,23,33H,10-11,16-18H2,1-3H3,(H,27,31)(H,28,32)/t20-,23+/m1/s1. The van der Waals surface area contributed by atoms with E-state index in [1.54, 1.807) is 0 Å². The van der Waals surface area contributed by atoms with Crippen molar-refractivity contribution in [3.8, 4) is 0 Å². The molecule has 0 aliphatic carbocycles. The summed E-state index contributed by atoms with van der Waals surface area (Å²) in [5.74, 6) is -0.642. The Kier molecular flexibility index (Phi) is 10.6. The number of nitrogens with zero attached hydrogens (tertiary/aromatic N) is 1. The van der Waals surface area contributed by atoms with Crippen molar-refractivity contribution in [1.29, 1.82) is 0 Å². The average molecular weight is 454 g/mol. The van der Waals surface area contributed by atoms with Crippen LogP contribution in [0.3, 0.4) is 0 Å². The van der Waals surface area contributed by atoms with Crippen molar-refractivity contribution >= 4 is 17.8 Å². The quantitative estimate of drug-likeness (QED) is 0.352. The number of benzene rings is 2. The lowest BCUT2D eigenvalue weighted by atomic mass is 10.0. The van der Waals surface area contributed by atoms with E-state index in [1.807, 2.05) is 81.4 Å². The number of rotatable bonds is 11. The van der Waals surface area contributed by atoms with Crippen molar-refractivity contribution < 1.29 is 19.6 Å². The molecule has 0 unspecified atom stereocenters. The molecule has 0 saturated heterocycles. The van der Waals surface area contributed by atoms with E-state index < -0.39 is 18.0 Å². The first-order valence-corrected chi connectivity index (χ1v) is 11.5. The Balaban J connectivity index is 2.02. The van der Waals surface area contributed by atoms with Gasteiger partial charge in [-0.3, -0.25) is 14.8 Å². The zero-order valence-electron chi connectivity index (χ0n) is 19.7. The lowest BCUT2D eigenvalue weighted by Crippen LogP contribution is -2.54. The maximum absolute atomic E-state index is 13.0. The molecule has 2 atom stereocenters. The van der Waals surface area contributed by atoms with E-state index in [-0.39, 0.29) is 29.9 Å². The summed E-state index contributed by atoms with van der Waals surface area (Å²) < 4.78 is 0. The lowest BCUT2D eigenvalue weighted by Gasteiger charge is -2.23. The summed E-state index contributed by atoms with van der Waals surface area (Å²) in [6.45, 7) is 5.97. The number of carbonyl (C=O) groups excluding carboxylic acids is 3. The normalized spacial score (nSPS) is 12.6. The monoisotopic (exact) mass is 453 g/mol. The van der Waals surface area contributed by atoms with E-state index in [0.29, 0.717) is 18.8 Å². The second kappa shape index (κ2) is 13.4. The van der Waals surface area contributed by atoms with E-state index in [9.17, 15) is 19.6 Å². The topological polar surface area (TPSA) is 98.7 Å². The van der Waals surface area contributed by atoms with Crippen molar-refractivity contribution in [3.05, 3.63) is 71.8 Å².